The first-order valence-corrected chi connectivity index (χ1v) is 5.05. The topological polar surface area (TPSA) is 66.5 Å². The maximum Gasteiger partial charge on any atom is 0.258 e. The Morgan fingerprint density at radius 1 is 1.00 bits per heavy atom. The van der Waals surface area contributed by atoms with E-state index >= 15 is 0 Å². The fourth-order valence-electron chi connectivity index (χ4n) is 1.46. The van der Waals surface area contributed by atoms with Gasteiger partial charge in [-0.2, -0.15) is 4.74 Å². The first-order chi connectivity index (χ1) is 8.16. The molecule has 0 unspecified atom stereocenters. The third kappa shape index (κ3) is 2.55. The van der Waals surface area contributed by atoms with E-state index < -0.39 is 0 Å². The fourth-order valence-corrected chi connectivity index (χ4v) is 1.46. The average Bonchev–Trinajstić information content (AvgIpc) is 2.29. The van der Waals surface area contributed by atoms with Crippen molar-refractivity contribution in [2.75, 3.05) is 0 Å². The van der Waals surface area contributed by atoms with E-state index in [2.05, 4.69) is 0 Å². The third-order valence-electron chi connectivity index (χ3n) is 2.26. The molecule has 0 amide bonds. The molecule has 0 bridgehead atoms. The summed E-state index contributed by atoms with van der Waals surface area (Å²) in [6.07, 6.45) is 1.29. The van der Waals surface area contributed by atoms with Crippen molar-refractivity contribution in [1.82, 2.24) is 0 Å². The molecule has 0 saturated carbocycles. The molecule has 0 saturated heterocycles. The van der Waals surface area contributed by atoms with Gasteiger partial charge in [0.1, 0.15) is 5.75 Å². The Kier molecular flexibility index (Phi) is 2.96. The molecule has 2 aromatic carbocycles. The Morgan fingerprint density at radius 2 is 1.76 bits per heavy atom. The maximum atomic E-state index is 11.8. The van der Waals surface area contributed by atoms with E-state index in [1.165, 1.54) is 30.5 Å². The lowest BCUT2D eigenvalue weighted by molar-refractivity contribution is -0.355. The number of phenols is 2. The van der Waals surface area contributed by atoms with Crippen LogP contribution in [0.5, 0.6) is 11.5 Å². The summed E-state index contributed by atoms with van der Waals surface area (Å²) in [5.74, 6) is 0.00309. The van der Waals surface area contributed by atoms with Crippen molar-refractivity contribution in [2.45, 2.75) is 0 Å². The van der Waals surface area contributed by atoms with Crippen LogP contribution in [0.15, 0.2) is 48.5 Å². The molecule has 0 aliphatic rings. The van der Waals surface area contributed by atoms with Crippen LogP contribution in [-0.2, 0) is 0 Å². The van der Waals surface area contributed by atoms with Crippen LogP contribution < -0.4 is 0 Å². The van der Waals surface area contributed by atoms with Crippen LogP contribution in [-0.4, -0.2) is 21.2 Å². The highest BCUT2D eigenvalue weighted by molar-refractivity contribution is 5.77. The third-order valence-corrected chi connectivity index (χ3v) is 2.26. The fraction of sp³-hybridized carbons (Fsp3) is 0. The van der Waals surface area contributed by atoms with E-state index in [1.54, 1.807) is 24.3 Å². The van der Waals surface area contributed by atoms with Crippen LogP contribution in [0.25, 0.3) is 0 Å². The van der Waals surface area contributed by atoms with Crippen molar-refractivity contribution in [1.29, 1.82) is 0 Å². The highest BCUT2D eigenvalue weighted by Gasteiger charge is 2.07. The van der Waals surface area contributed by atoms with Gasteiger partial charge < -0.3 is 15.4 Å². The van der Waals surface area contributed by atoms with Crippen LogP contribution in [0.1, 0.15) is 5.56 Å². The van der Waals surface area contributed by atoms with Crippen molar-refractivity contribution < 1.29 is 15.0 Å². The van der Waals surface area contributed by atoms with Crippen LogP contribution in [0.4, 0.5) is 5.69 Å². The van der Waals surface area contributed by atoms with Gasteiger partial charge in [-0.15, -0.1) is 0 Å². The van der Waals surface area contributed by atoms with Crippen LogP contribution in [0.2, 0.25) is 0 Å². The number of hydrogen-bond acceptors (Lipinski definition) is 3. The molecule has 86 valence electrons. The molecule has 0 spiro atoms. The zero-order chi connectivity index (χ0) is 12.3. The Morgan fingerprint density at radius 3 is 2.47 bits per heavy atom. The molecule has 0 heterocycles. The van der Waals surface area contributed by atoms with Crippen molar-refractivity contribution in [2.24, 2.45) is 0 Å². The molecule has 0 fully saturated rings. The summed E-state index contributed by atoms with van der Waals surface area (Å²) in [6, 6.07) is 12.6. The standard InChI is InChI=1S/C13H11NO3/c15-11-5-3-4-10(8-11)9-14(17)12-6-1-2-7-13(12)16/h1-9,15-16H. The lowest BCUT2D eigenvalue weighted by Crippen LogP contribution is -1.98. The van der Waals surface area contributed by atoms with Crippen LogP contribution in [0, 0.1) is 5.21 Å². The van der Waals surface area contributed by atoms with Gasteiger partial charge in [-0.1, -0.05) is 18.2 Å². The molecule has 0 atom stereocenters. The molecule has 4 heteroatoms. The molecule has 2 rings (SSSR count). The van der Waals surface area contributed by atoms with Gasteiger partial charge in [0.15, 0.2) is 12.0 Å². The monoisotopic (exact) mass is 229 g/mol. The van der Waals surface area contributed by atoms with E-state index in [-0.39, 0.29) is 17.2 Å². The van der Waals surface area contributed by atoms with Crippen molar-refractivity contribution >= 4 is 11.9 Å². The van der Waals surface area contributed by atoms with Gasteiger partial charge in [-0.25, -0.2) is 0 Å². The van der Waals surface area contributed by atoms with Gasteiger partial charge >= 0.3 is 0 Å². The van der Waals surface area contributed by atoms with Gasteiger partial charge in [-0.05, 0) is 24.3 Å². The lowest BCUT2D eigenvalue weighted by Gasteiger charge is -2.04. The van der Waals surface area contributed by atoms with E-state index in [1.807, 2.05) is 0 Å². The molecule has 0 radical (unpaired) electrons. The molecule has 0 aliphatic carbocycles. The van der Waals surface area contributed by atoms with Crippen molar-refractivity contribution in [3.63, 3.8) is 0 Å². The Balaban J connectivity index is 2.38. The SMILES string of the molecule is [O-][N+](=Cc1cccc(O)c1)c1ccccc1O. The summed E-state index contributed by atoms with van der Waals surface area (Å²) in [5.41, 5.74) is 0.721. The number of hydrogen-bond donors (Lipinski definition) is 2. The molecule has 2 N–H and O–H groups in total. The minimum Gasteiger partial charge on any atom is -0.618 e. The minimum atomic E-state index is -0.0843. The molecular weight excluding hydrogens is 218 g/mol. The van der Waals surface area contributed by atoms with Gasteiger partial charge in [0, 0.05) is 11.6 Å². The highest BCUT2D eigenvalue weighted by Crippen LogP contribution is 2.24. The zero-order valence-corrected chi connectivity index (χ0v) is 8.95. The predicted molar refractivity (Wildman–Crippen MR) is 64.7 cm³/mol. The summed E-state index contributed by atoms with van der Waals surface area (Å²) in [6.45, 7) is 0. The summed E-state index contributed by atoms with van der Waals surface area (Å²) in [5, 5.41) is 30.5. The molecule has 17 heavy (non-hydrogen) atoms. The second-order valence-corrected chi connectivity index (χ2v) is 3.54. The molecular formula is C13H11NO3. The lowest BCUT2D eigenvalue weighted by atomic mass is 10.2. The van der Waals surface area contributed by atoms with Crippen molar-refractivity contribution in [3.8, 4) is 11.5 Å². The van der Waals surface area contributed by atoms with Crippen molar-refractivity contribution in [3.05, 3.63) is 59.3 Å². The number of rotatable bonds is 2. The van der Waals surface area contributed by atoms with Gasteiger partial charge in [0.25, 0.3) is 5.69 Å². The Labute approximate surface area is 98.3 Å². The predicted octanol–water partition coefficient (Wildman–Crippen LogP) is 2.36. The Bertz CT molecular complexity index is 564. The number of nitrogens with zero attached hydrogens (tertiary/aromatic N) is 1. The molecule has 4 nitrogen and oxygen atoms in total. The smallest absolute Gasteiger partial charge is 0.258 e. The number of phenolic OH excluding ortho intramolecular Hbond substituents is 2. The second-order valence-electron chi connectivity index (χ2n) is 3.54. The van der Waals surface area contributed by atoms with Gasteiger partial charge in [0.05, 0.1) is 0 Å². The maximum absolute atomic E-state index is 11.8. The normalized spacial score (nSPS) is 11.4. The number of para-hydroxylation sites is 2. The largest absolute Gasteiger partial charge is 0.618 e. The Hall–Kier alpha value is -2.49. The zero-order valence-electron chi connectivity index (χ0n) is 8.95. The number of benzene rings is 2. The van der Waals surface area contributed by atoms with Gasteiger partial charge in [0.2, 0.25) is 0 Å². The summed E-state index contributed by atoms with van der Waals surface area (Å²) >= 11 is 0. The van der Waals surface area contributed by atoms with E-state index in [0.717, 1.165) is 0 Å². The molecule has 0 aromatic heterocycles. The first kappa shape index (κ1) is 11.0. The van der Waals surface area contributed by atoms with E-state index in [0.29, 0.717) is 10.3 Å². The minimum absolute atomic E-state index is 0.0843. The van der Waals surface area contributed by atoms with E-state index in [9.17, 15) is 15.4 Å². The first-order valence-electron chi connectivity index (χ1n) is 5.05. The number of aromatic hydroxyl groups is 2. The summed E-state index contributed by atoms with van der Waals surface area (Å²) in [4.78, 5) is 0. The highest BCUT2D eigenvalue weighted by atomic mass is 16.5. The molecule has 0 aliphatic heterocycles. The second kappa shape index (κ2) is 4.57. The average molecular weight is 229 g/mol. The summed E-state index contributed by atoms with van der Waals surface area (Å²) in [7, 11) is 0. The van der Waals surface area contributed by atoms with E-state index in [4.69, 9.17) is 0 Å². The molecule has 2 aromatic rings. The van der Waals surface area contributed by atoms with Crippen LogP contribution in [0.3, 0.4) is 0 Å². The van der Waals surface area contributed by atoms with Gasteiger partial charge in [-0.3, -0.25) is 0 Å². The van der Waals surface area contributed by atoms with Crippen LogP contribution >= 0.6 is 0 Å². The summed E-state index contributed by atoms with van der Waals surface area (Å²) < 4.78 is 0.560. The quantitative estimate of drug-likeness (QED) is 0.359.